The molecule has 2 rings (SSSR count). The molecule has 0 unspecified atom stereocenters. The van der Waals surface area contributed by atoms with Gasteiger partial charge in [-0.3, -0.25) is 4.79 Å². The van der Waals surface area contributed by atoms with Crippen LogP contribution in [0.5, 0.6) is 0 Å². The zero-order valence-corrected chi connectivity index (χ0v) is 13.7. The Bertz CT molecular complexity index is 657. The topological polar surface area (TPSA) is 20.3 Å². The zero-order chi connectivity index (χ0) is 15.9. The molecule has 0 aliphatic rings. The van der Waals surface area contributed by atoms with Crippen molar-refractivity contribution >= 4 is 21.8 Å². The van der Waals surface area contributed by atoms with Crippen molar-refractivity contribution < 1.29 is 9.18 Å². The molecule has 4 heteroatoms. The minimum absolute atomic E-state index is 0.0118. The molecule has 2 nitrogen and oxygen atoms in total. The summed E-state index contributed by atoms with van der Waals surface area (Å²) in [7, 11) is 0. The van der Waals surface area contributed by atoms with Crippen LogP contribution in [0.25, 0.3) is 0 Å². The molecule has 0 aromatic heterocycles. The molecule has 0 bridgehead atoms. The van der Waals surface area contributed by atoms with Crippen LogP contribution >= 0.6 is 15.9 Å². The van der Waals surface area contributed by atoms with Gasteiger partial charge in [0.25, 0.3) is 0 Å². The minimum Gasteiger partial charge on any atom is -0.334 e. The maximum Gasteiger partial charge on any atom is 0.227 e. The number of rotatable bonds is 6. The highest BCUT2D eigenvalue weighted by atomic mass is 79.9. The standard InChI is InChI=1S/C18H17BrFNO/c1-2-10-21(13-14-6-4-3-5-7-14)18(22)12-15-8-9-17(20)16(19)11-15/h2-9,11H,1,10,12-13H2. The van der Waals surface area contributed by atoms with Gasteiger partial charge in [-0.2, -0.15) is 0 Å². The molecule has 0 aliphatic carbocycles. The number of carbonyl (C=O) groups is 1. The molecule has 0 atom stereocenters. The van der Waals surface area contributed by atoms with Crippen molar-refractivity contribution in [1.29, 1.82) is 0 Å². The van der Waals surface area contributed by atoms with E-state index in [1.807, 2.05) is 30.3 Å². The van der Waals surface area contributed by atoms with E-state index in [0.717, 1.165) is 11.1 Å². The summed E-state index contributed by atoms with van der Waals surface area (Å²) in [5.74, 6) is -0.342. The Morgan fingerprint density at radius 1 is 1.18 bits per heavy atom. The fourth-order valence-electron chi connectivity index (χ4n) is 2.15. The Hall–Kier alpha value is -1.94. The van der Waals surface area contributed by atoms with E-state index >= 15 is 0 Å². The van der Waals surface area contributed by atoms with E-state index in [2.05, 4.69) is 22.5 Å². The van der Waals surface area contributed by atoms with Crippen molar-refractivity contribution in [3.8, 4) is 0 Å². The van der Waals surface area contributed by atoms with Crippen molar-refractivity contribution in [3.05, 3.63) is 82.6 Å². The summed E-state index contributed by atoms with van der Waals surface area (Å²) in [6.07, 6.45) is 1.95. The van der Waals surface area contributed by atoms with Crippen molar-refractivity contribution in [2.45, 2.75) is 13.0 Å². The molecule has 0 saturated heterocycles. The lowest BCUT2D eigenvalue weighted by atomic mass is 10.1. The van der Waals surface area contributed by atoms with Crippen LogP contribution in [-0.2, 0) is 17.8 Å². The van der Waals surface area contributed by atoms with Gasteiger partial charge in [0.15, 0.2) is 0 Å². The van der Waals surface area contributed by atoms with E-state index in [4.69, 9.17) is 0 Å². The number of amides is 1. The third-order valence-corrected chi connectivity index (χ3v) is 3.87. The maximum absolute atomic E-state index is 13.2. The molecule has 0 N–H and O–H groups in total. The number of halogens is 2. The fraction of sp³-hybridized carbons (Fsp3) is 0.167. The molecular formula is C18H17BrFNO. The second-order valence-electron chi connectivity index (χ2n) is 4.97. The first-order valence-electron chi connectivity index (χ1n) is 6.96. The number of carbonyl (C=O) groups excluding carboxylic acids is 1. The number of hydrogen-bond acceptors (Lipinski definition) is 1. The van der Waals surface area contributed by atoms with Crippen LogP contribution in [0.15, 0.2) is 65.7 Å². The van der Waals surface area contributed by atoms with Crippen LogP contribution < -0.4 is 0 Å². The molecule has 0 heterocycles. The molecule has 22 heavy (non-hydrogen) atoms. The first-order valence-corrected chi connectivity index (χ1v) is 7.76. The van der Waals surface area contributed by atoms with Gasteiger partial charge in [0.2, 0.25) is 5.91 Å². The van der Waals surface area contributed by atoms with Gasteiger partial charge in [0, 0.05) is 13.1 Å². The Morgan fingerprint density at radius 2 is 1.91 bits per heavy atom. The van der Waals surface area contributed by atoms with Crippen molar-refractivity contribution in [3.63, 3.8) is 0 Å². The second-order valence-corrected chi connectivity index (χ2v) is 5.83. The monoisotopic (exact) mass is 361 g/mol. The summed E-state index contributed by atoms with van der Waals surface area (Å²) in [6.45, 7) is 4.72. The summed E-state index contributed by atoms with van der Waals surface area (Å²) in [6, 6.07) is 14.4. The Labute approximate surface area is 138 Å². The van der Waals surface area contributed by atoms with Gasteiger partial charge >= 0.3 is 0 Å². The molecule has 1 amide bonds. The second kappa shape index (κ2) is 7.90. The van der Waals surface area contributed by atoms with Crippen LogP contribution in [0.2, 0.25) is 0 Å². The molecule has 0 fully saturated rings. The average molecular weight is 362 g/mol. The Morgan fingerprint density at radius 3 is 2.55 bits per heavy atom. The van der Waals surface area contributed by atoms with Crippen molar-refractivity contribution in [2.75, 3.05) is 6.54 Å². The molecular weight excluding hydrogens is 345 g/mol. The summed E-state index contributed by atoms with van der Waals surface area (Å²) >= 11 is 3.14. The summed E-state index contributed by atoms with van der Waals surface area (Å²) in [5.41, 5.74) is 1.85. The summed E-state index contributed by atoms with van der Waals surface area (Å²) in [5, 5.41) is 0. The van der Waals surface area contributed by atoms with Crippen LogP contribution in [-0.4, -0.2) is 17.4 Å². The number of benzene rings is 2. The molecule has 0 aliphatic heterocycles. The van der Waals surface area contributed by atoms with Gasteiger partial charge in [-0.1, -0.05) is 42.5 Å². The lowest BCUT2D eigenvalue weighted by Gasteiger charge is -2.21. The molecule has 0 saturated carbocycles. The first kappa shape index (κ1) is 16.4. The van der Waals surface area contributed by atoms with Gasteiger partial charge in [-0.05, 0) is 39.2 Å². The van der Waals surface area contributed by atoms with Gasteiger partial charge in [0.05, 0.1) is 10.9 Å². The minimum atomic E-state index is -0.330. The molecule has 2 aromatic carbocycles. The van der Waals surface area contributed by atoms with Crippen LogP contribution in [0, 0.1) is 5.82 Å². The van der Waals surface area contributed by atoms with Gasteiger partial charge in [-0.25, -0.2) is 4.39 Å². The van der Waals surface area contributed by atoms with Crippen molar-refractivity contribution in [1.82, 2.24) is 4.90 Å². The highest BCUT2D eigenvalue weighted by Crippen LogP contribution is 2.18. The molecule has 0 radical (unpaired) electrons. The van der Waals surface area contributed by atoms with E-state index in [1.54, 1.807) is 23.1 Å². The lowest BCUT2D eigenvalue weighted by molar-refractivity contribution is -0.130. The van der Waals surface area contributed by atoms with E-state index in [-0.39, 0.29) is 18.1 Å². The van der Waals surface area contributed by atoms with Crippen molar-refractivity contribution in [2.24, 2.45) is 0 Å². The predicted molar refractivity (Wildman–Crippen MR) is 89.9 cm³/mol. The Kier molecular flexibility index (Phi) is 5.90. The Balaban J connectivity index is 2.08. The largest absolute Gasteiger partial charge is 0.334 e. The molecule has 114 valence electrons. The van der Waals surface area contributed by atoms with Gasteiger partial charge < -0.3 is 4.90 Å². The first-order chi connectivity index (χ1) is 10.6. The van der Waals surface area contributed by atoms with E-state index < -0.39 is 0 Å². The predicted octanol–water partition coefficient (Wildman–Crippen LogP) is 4.35. The highest BCUT2D eigenvalue weighted by molar-refractivity contribution is 9.10. The fourth-order valence-corrected chi connectivity index (χ4v) is 2.58. The van der Waals surface area contributed by atoms with Crippen LogP contribution in [0.4, 0.5) is 4.39 Å². The molecule has 2 aromatic rings. The van der Waals surface area contributed by atoms with Gasteiger partial charge in [0.1, 0.15) is 5.82 Å². The van der Waals surface area contributed by atoms with Crippen LogP contribution in [0.1, 0.15) is 11.1 Å². The van der Waals surface area contributed by atoms with E-state index in [9.17, 15) is 9.18 Å². The van der Waals surface area contributed by atoms with Crippen LogP contribution in [0.3, 0.4) is 0 Å². The summed E-state index contributed by atoms with van der Waals surface area (Å²) < 4.78 is 13.6. The maximum atomic E-state index is 13.2. The quantitative estimate of drug-likeness (QED) is 0.700. The number of hydrogen-bond donors (Lipinski definition) is 0. The molecule has 0 spiro atoms. The van der Waals surface area contributed by atoms with E-state index in [0.29, 0.717) is 17.6 Å². The van der Waals surface area contributed by atoms with E-state index in [1.165, 1.54) is 6.07 Å². The highest BCUT2D eigenvalue weighted by Gasteiger charge is 2.14. The normalized spacial score (nSPS) is 10.3. The van der Waals surface area contributed by atoms with Gasteiger partial charge in [-0.15, -0.1) is 6.58 Å². The zero-order valence-electron chi connectivity index (χ0n) is 12.1. The third kappa shape index (κ3) is 4.53. The average Bonchev–Trinajstić information content (AvgIpc) is 2.51. The third-order valence-electron chi connectivity index (χ3n) is 3.26. The lowest BCUT2D eigenvalue weighted by Crippen LogP contribution is -2.32. The SMILES string of the molecule is C=CCN(Cc1ccccc1)C(=O)Cc1ccc(F)c(Br)c1. The number of nitrogens with zero attached hydrogens (tertiary/aromatic N) is 1. The smallest absolute Gasteiger partial charge is 0.227 e. The summed E-state index contributed by atoms with van der Waals surface area (Å²) in [4.78, 5) is 14.2.